The van der Waals surface area contributed by atoms with Gasteiger partial charge in [-0.2, -0.15) is 0 Å². The summed E-state index contributed by atoms with van der Waals surface area (Å²) in [5.41, 5.74) is 4.09. The number of hydrogen-bond acceptors (Lipinski definition) is 3. The van der Waals surface area contributed by atoms with Crippen LogP contribution in [-0.4, -0.2) is 26.9 Å². The Morgan fingerprint density at radius 2 is 1.86 bits per heavy atom. The zero-order valence-corrected chi connectivity index (χ0v) is 17.1. The Morgan fingerprint density at radius 3 is 2.54 bits per heavy atom. The molecular weight excluding hydrogens is 372 g/mol. The highest BCUT2D eigenvalue weighted by Crippen LogP contribution is 2.39. The summed E-state index contributed by atoms with van der Waals surface area (Å²) < 4.78 is 28.1. The molecule has 0 radical (unpaired) electrons. The predicted octanol–water partition coefficient (Wildman–Crippen LogP) is 3.20. The molecule has 1 amide bonds. The van der Waals surface area contributed by atoms with Crippen molar-refractivity contribution in [1.82, 2.24) is 4.72 Å². The zero-order chi connectivity index (χ0) is 19.9. The summed E-state index contributed by atoms with van der Waals surface area (Å²) in [5, 5.41) is 0. The molecule has 1 aliphatic heterocycles. The molecule has 0 spiro atoms. The molecule has 4 rings (SSSR count). The zero-order valence-electron chi connectivity index (χ0n) is 16.3. The number of nitrogens with one attached hydrogen (secondary N) is 1. The van der Waals surface area contributed by atoms with Crippen molar-refractivity contribution < 1.29 is 13.2 Å². The van der Waals surface area contributed by atoms with Crippen LogP contribution in [0.5, 0.6) is 0 Å². The topological polar surface area (TPSA) is 66.5 Å². The van der Waals surface area contributed by atoms with Gasteiger partial charge >= 0.3 is 0 Å². The largest absolute Gasteiger partial charge is 0.309 e. The molecule has 1 fully saturated rings. The van der Waals surface area contributed by atoms with Gasteiger partial charge in [-0.15, -0.1) is 0 Å². The van der Waals surface area contributed by atoms with Crippen LogP contribution in [-0.2, 0) is 27.7 Å². The Morgan fingerprint density at radius 1 is 1.14 bits per heavy atom. The van der Waals surface area contributed by atoms with Gasteiger partial charge in [-0.1, -0.05) is 29.8 Å². The van der Waals surface area contributed by atoms with Crippen molar-refractivity contribution in [2.45, 2.75) is 50.5 Å². The van der Waals surface area contributed by atoms with Gasteiger partial charge in [-0.05, 0) is 68.9 Å². The number of hydrogen-bond donors (Lipinski definition) is 1. The Balaban J connectivity index is 1.46. The van der Waals surface area contributed by atoms with Crippen LogP contribution in [0.2, 0.25) is 0 Å². The van der Waals surface area contributed by atoms with Gasteiger partial charge < -0.3 is 4.90 Å². The molecule has 0 saturated heterocycles. The van der Waals surface area contributed by atoms with E-state index in [-0.39, 0.29) is 22.8 Å². The van der Waals surface area contributed by atoms with Gasteiger partial charge in [0.1, 0.15) is 0 Å². The maximum atomic E-state index is 12.7. The van der Waals surface area contributed by atoms with Gasteiger partial charge in [-0.25, -0.2) is 13.1 Å². The second kappa shape index (κ2) is 7.33. The molecule has 6 heteroatoms. The summed E-state index contributed by atoms with van der Waals surface area (Å²) in [6.45, 7) is 4.40. The number of rotatable bonds is 6. The van der Waals surface area contributed by atoms with Crippen LogP contribution in [0.4, 0.5) is 5.69 Å². The van der Waals surface area contributed by atoms with Crippen molar-refractivity contribution in [3.05, 3.63) is 59.2 Å². The van der Waals surface area contributed by atoms with E-state index in [4.69, 9.17) is 0 Å². The van der Waals surface area contributed by atoms with E-state index in [2.05, 4.69) is 4.72 Å². The molecule has 1 saturated carbocycles. The normalized spacial score (nSPS) is 18.9. The Kier molecular flexibility index (Phi) is 5.02. The highest BCUT2D eigenvalue weighted by molar-refractivity contribution is 7.89. The summed E-state index contributed by atoms with van der Waals surface area (Å²) in [6, 6.07) is 13.3. The minimum Gasteiger partial charge on any atom is -0.309 e. The predicted molar refractivity (Wildman–Crippen MR) is 110 cm³/mol. The molecule has 0 unspecified atom stereocenters. The fraction of sp³-hybridized carbons (Fsp3) is 0.409. The Bertz CT molecular complexity index is 995. The number of aryl methyl sites for hydroxylation is 1. The lowest BCUT2D eigenvalue weighted by atomic mass is 10.1. The molecule has 2 aromatic rings. The Hall–Kier alpha value is -2.18. The molecule has 0 bridgehead atoms. The number of amides is 1. The van der Waals surface area contributed by atoms with Gasteiger partial charge in [0.15, 0.2) is 0 Å². The van der Waals surface area contributed by atoms with Crippen LogP contribution in [0.3, 0.4) is 0 Å². The molecule has 2 aromatic carbocycles. The fourth-order valence-corrected chi connectivity index (χ4v) is 4.89. The number of sulfonamides is 1. The maximum absolute atomic E-state index is 12.7. The van der Waals surface area contributed by atoms with Crippen molar-refractivity contribution in [2.24, 2.45) is 5.92 Å². The van der Waals surface area contributed by atoms with Crippen LogP contribution in [0.15, 0.2) is 47.4 Å². The second-order valence-electron chi connectivity index (χ2n) is 7.96. The summed E-state index contributed by atoms with van der Waals surface area (Å²) in [5.74, 6) is 0.332. The summed E-state index contributed by atoms with van der Waals surface area (Å²) >= 11 is 0. The van der Waals surface area contributed by atoms with Gasteiger partial charge in [-0.3, -0.25) is 4.79 Å². The van der Waals surface area contributed by atoms with Crippen molar-refractivity contribution >= 4 is 21.6 Å². The van der Waals surface area contributed by atoms with Crippen LogP contribution in [0.1, 0.15) is 36.5 Å². The third-order valence-corrected chi connectivity index (χ3v) is 7.03. The SMILES string of the molecule is Cc1ccc(CCNS(=O)(=O)c2ccc3c(c2)C[C@H](C)N3C(=O)C2CC2)cc1. The number of carbonyl (C=O) groups is 1. The molecule has 28 heavy (non-hydrogen) atoms. The molecule has 5 nitrogen and oxygen atoms in total. The molecule has 0 aromatic heterocycles. The van der Waals surface area contributed by atoms with Crippen LogP contribution < -0.4 is 9.62 Å². The third-order valence-electron chi connectivity index (χ3n) is 5.57. The first-order valence-corrected chi connectivity index (χ1v) is 11.3. The van der Waals surface area contributed by atoms with Crippen LogP contribution in [0, 0.1) is 12.8 Å². The molecule has 1 heterocycles. The van der Waals surface area contributed by atoms with E-state index in [0.29, 0.717) is 19.4 Å². The average Bonchev–Trinajstić information content (AvgIpc) is 3.45. The van der Waals surface area contributed by atoms with E-state index in [9.17, 15) is 13.2 Å². The first-order chi connectivity index (χ1) is 13.3. The molecule has 1 N–H and O–H groups in total. The third kappa shape index (κ3) is 3.84. The van der Waals surface area contributed by atoms with E-state index in [1.165, 1.54) is 5.56 Å². The van der Waals surface area contributed by atoms with Gasteiger partial charge in [0.05, 0.1) is 4.90 Å². The van der Waals surface area contributed by atoms with Crippen molar-refractivity contribution in [3.8, 4) is 0 Å². The van der Waals surface area contributed by atoms with Gasteiger partial charge in [0.25, 0.3) is 0 Å². The smallest absolute Gasteiger partial charge is 0.240 e. The fourth-order valence-electron chi connectivity index (χ4n) is 3.81. The monoisotopic (exact) mass is 398 g/mol. The lowest BCUT2D eigenvalue weighted by molar-refractivity contribution is -0.120. The minimum atomic E-state index is -3.57. The van der Waals surface area contributed by atoms with E-state index in [1.807, 2.05) is 43.0 Å². The lowest BCUT2D eigenvalue weighted by Gasteiger charge is -2.22. The minimum absolute atomic E-state index is 0.0792. The summed E-state index contributed by atoms with van der Waals surface area (Å²) in [6.07, 6.45) is 3.27. The molecule has 1 aliphatic carbocycles. The molecule has 148 valence electrons. The van der Waals surface area contributed by atoms with Gasteiger partial charge in [0, 0.05) is 24.2 Å². The highest BCUT2D eigenvalue weighted by Gasteiger charge is 2.39. The molecular formula is C22H26N2O3S. The van der Waals surface area contributed by atoms with E-state index < -0.39 is 10.0 Å². The molecule has 2 aliphatic rings. The van der Waals surface area contributed by atoms with Crippen LogP contribution in [0.25, 0.3) is 0 Å². The first kappa shape index (κ1) is 19.2. The van der Waals surface area contributed by atoms with Crippen molar-refractivity contribution in [2.75, 3.05) is 11.4 Å². The van der Waals surface area contributed by atoms with E-state index >= 15 is 0 Å². The quantitative estimate of drug-likeness (QED) is 0.813. The maximum Gasteiger partial charge on any atom is 0.240 e. The number of anilines is 1. The van der Waals surface area contributed by atoms with Crippen LogP contribution >= 0.6 is 0 Å². The van der Waals surface area contributed by atoms with E-state index in [1.54, 1.807) is 18.2 Å². The number of carbonyl (C=O) groups excluding carboxylic acids is 1. The molecule has 1 atom stereocenters. The number of fused-ring (bicyclic) bond motifs is 1. The second-order valence-corrected chi connectivity index (χ2v) is 9.73. The van der Waals surface area contributed by atoms with E-state index in [0.717, 1.165) is 29.7 Å². The average molecular weight is 399 g/mol. The van der Waals surface area contributed by atoms with Gasteiger partial charge in [0.2, 0.25) is 15.9 Å². The van der Waals surface area contributed by atoms with Crippen molar-refractivity contribution in [1.29, 1.82) is 0 Å². The summed E-state index contributed by atoms with van der Waals surface area (Å²) in [4.78, 5) is 14.7. The number of benzene rings is 2. The lowest BCUT2D eigenvalue weighted by Crippen LogP contribution is -2.36. The highest BCUT2D eigenvalue weighted by atomic mass is 32.2. The summed E-state index contributed by atoms with van der Waals surface area (Å²) in [7, 11) is -3.57. The first-order valence-electron chi connectivity index (χ1n) is 9.86. The number of nitrogens with zero attached hydrogens (tertiary/aromatic N) is 1. The van der Waals surface area contributed by atoms with Crippen molar-refractivity contribution in [3.63, 3.8) is 0 Å². The Labute approximate surface area is 166 Å². The standard InChI is InChI=1S/C22H26N2O3S/c1-15-3-5-17(6-4-15)11-12-23-28(26,27)20-9-10-21-19(14-20)13-16(2)24(21)22(25)18-7-8-18/h3-6,9-10,14,16,18,23H,7-8,11-13H2,1-2H3/t16-/m0/s1.